The average molecular weight is 237 g/mol. The van der Waals surface area contributed by atoms with Gasteiger partial charge in [-0.15, -0.1) is 0 Å². The van der Waals surface area contributed by atoms with Crippen molar-refractivity contribution in [2.45, 2.75) is 26.7 Å². The summed E-state index contributed by atoms with van der Waals surface area (Å²) in [4.78, 5) is 2.19. The van der Waals surface area contributed by atoms with Crippen LogP contribution in [0.2, 0.25) is 0 Å². The number of unbranched alkanes of at least 4 members (excludes halogenated alkanes) is 1. The monoisotopic (exact) mass is 237 g/mol. The molecule has 0 bridgehead atoms. The largest absolute Gasteiger partial charge is 0.494 e. The molecule has 0 aromatic heterocycles. The molecule has 0 heterocycles. The van der Waals surface area contributed by atoms with Gasteiger partial charge in [0.05, 0.1) is 12.8 Å². The van der Waals surface area contributed by atoms with E-state index in [4.69, 9.17) is 9.84 Å². The van der Waals surface area contributed by atoms with Gasteiger partial charge < -0.3 is 14.7 Å². The predicted molar refractivity (Wildman–Crippen MR) is 72.1 cm³/mol. The fourth-order valence-electron chi connectivity index (χ4n) is 2.06. The molecule has 0 saturated carbocycles. The van der Waals surface area contributed by atoms with Crippen molar-refractivity contribution in [3.63, 3.8) is 0 Å². The third-order valence-corrected chi connectivity index (χ3v) is 2.92. The summed E-state index contributed by atoms with van der Waals surface area (Å²) in [6.07, 6.45) is 1.83. The SMILES string of the molecule is COc1c(C)cc(C)cc1N(C)CCCCO. The molecule has 0 radical (unpaired) electrons. The fourth-order valence-corrected chi connectivity index (χ4v) is 2.06. The van der Waals surface area contributed by atoms with Crippen LogP contribution in [0.15, 0.2) is 12.1 Å². The molecule has 1 aromatic carbocycles. The van der Waals surface area contributed by atoms with E-state index >= 15 is 0 Å². The first kappa shape index (κ1) is 13.8. The summed E-state index contributed by atoms with van der Waals surface area (Å²) in [6, 6.07) is 4.27. The van der Waals surface area contributed by atoms with Crippen molar-refractivity contribution in [2.75, 3.05) is 32.2 Å². The van der Waals surface area contributed by atoms with Gasteiger partial charge in [0.25, 0.3) is 0 Å². The van der Waals surface area contributed by atoms with E-state index < -0.39 is 0 Å². The number of hydrogen-bond donors (Lipinski definition) is 1. The summed E-state index contributed by atoms with van der Waals surface area (Å²) >= 11 is 0. The molecular weight excluding hydrogens is 214 g/mol. The van der Waals surface area contributed by atoms with Crippen molar-refractivity contribution in [1.29, 1.82) is 0 Å². The summed E-state index contributed by atoms with van der Waals surface area (Å²) in [5, 5.41) is 8.80. The number of nitrogens with zero attached hydrogens (tertiary/aromatic N) is 1. The third kappa shape index (κ3) is 3.63. The molecule has 17 heavy (non-hydrogen) atoms. The highest BCUT2D eigenvalue weighted by atomic mass is 16.5. The van der Waals surface area contributed by atoms with Crippen molar-refractivity contribution in [3.8, 4) is 5.75 Å². The second-order valence-corrected chi connectivity index (χ2v) is 4.49. The lowest BCUT2D eigenvalue weighted by Gasteiger charge is -2.23. The Hall–Kier alpha value is -1.22. The molecule has 3 nitrogen and oxygen atoms in total. The van der Waals surface area contributed by atoms with Crippen LogP contribution >= 0.6 is 0 Å². The van der Waals surface area contributed by atoms with Gasteiger partial charge in [-0.2, -0.15) is 0 Å². The molecule has 0 amide bonds. The van der Waals surface area contributed by atoms with Crippen LogP contribution in [0.4, 0.5) is 5.69 Å². The van der Waals surface area contributed by atoms with Gasteiger partial charge in [0.15, 0.2) is 0 Å². The van der Waals surface area contributed by atoms with Crippen LogP contribution in [0.5, 0.6) is 5.75 Å². The minimum atomic E-state index is 0.262. The lowest BCUT2D eigenvalue weighted by atomic mass is 10.1. The van der Waals surface area contributed by atoms with Crippen molar-refractivity contribution >= 4 is 5.69 Å². The first-order chi connectivity index (χ1) is 8.10. The highest BCUT2D eigenvalue weighted by Crippen LogP contribution is 2.32. The summed E-state index contributed by atoms with van der Waals surface area (Å²) < 4.78 is 5.47. The quantitative estimate of drug-likeness (QED) is 0.772. The lowest BCUT2D eigenvalue weighted by molar-refractivity contribution is 0.285. The number of rotatable bonds is 6. The Kier molecular flexibility index (Phi) is 5.29. The first-order valence-electron chi connectivity index (χ1n) is 6.07. The van der Waals surface area contributed by atoms with Crippen molar-refractivity contribution in [3.05, 3.63) is 23.3 Å². The lowest BCUT2D eigenvalue weighted by Crippen LogP contribution is -2.20. The molecule has 0 spiro atoms. The van der Waals surface area contributed by atoms with E-state index in [-0.39, 0.29) is 6.61 Å². The summed E-state index contributed by atoms with van der Waals surface area (Å²) in [6.45, 7) is 5.35. The van der Waals surface area contributed by atoms with E-state index in [0.29, 0.717) is 0 Å². The maximum Gasteiger partial charge on any atom is 0.145 e. The molecule has 0 aliphatic heterocycles. The van der Waals surface area contributed by atoms with Gasteiger partial charge in [-0.25, -0.2) is 0 Å². The molecule has 1 rings (SSSR count). The first-order valence-corrected chi connectivity index (χ1v) is 6.07. The highest BCUT2D eigenvalue weighted by molar-refractivity contribution is 5.63. The molecule has 3 heteroatoms. The smallest absolute Gasteiger partial charge is 0.145 e. The maximum absolute atomic E-state index is 8.80. The van der Waals surface area contributed by atoms with Crippen LogP contribution in [0.25, 0.3) is 0 Å². The zero-order chi connectivity index (χ0) is 12.8. The van der Waals surface area contributed by atoms with Crippen molar-refractivity contribution < 1.29 is 9.84 Å². The summed E-state index contributed by atoms with van der Waals surface area (Å²) in [5.41, 5.74) is 3.53. The normalized spacial score (nSPS) is 10.4. The zero-order valence-corrected chi connectivity index (χ0v) is 11.3. The molecule has 0 aliphatic rings. The minimum absolute atomic E-state index is 0.262. The standard InChI is InChI=1S/C14H23NO2/c1-11-9-12(2)14(17-4)13(10-11)15(3)7-5-6-8-16/h9-10,16H,5-8H2,1-4H3. The number of methoxy groups -OCH3 is 1. The number of benzene rings is 1. The van der Waals surface area contributed by atoms with Gasteiger partial charge in [0, 0.05) is 20.2 Å². The average Bonchev–Trinajstić information content (AvgIpc) is 2.28. The number of aryl methyl sites for hydroxylation is 2. The molecule has 0 saturated heterocycles. The van der Waals surface area contributed by atoms with Crippen molar-refractivity contribution in [2.24, 2.45) is 0 Å². The number of aliphatic hydroxyl groups excluding tert-OH is 1. The van der Waals surface area contributed by atoms with Gasteiger partial charge in [-0.3, -0.25) is 0 Å². The van der Waals surface area contributed by atoms with Crippen molar-refractivity contribution in [1.82, 2.24) is 0 Å². The van der Waals surface area contributed by atoms with Crippen LogP contribution in [-0.4, -0.2) is 32.4 Å². The van der Waals surface area contributed by atoms with Gasteiger partial charge in [0.2, 0.25) is 0 Å². The van der Waals surface area contributed by atoms with Gasteiger partial charge in [-0.1, -0.05) is 6.07 Å². The van der Waals surface area contributed by atoms with Gasteiger partial charge >= 0.3 is 0 Å². The van der Waals surface area contributed by atoms with Crippen LogP contribution in [-0.2, 0) is 0 Å². The molecule has 0 unspecified atom stereocenters. The topological polar surface area (TPSA) is 32.7 Å². The second kappa shape index (κ2) is 6.50. The van der Waals surface area contributed by atoms with E-state index in [1.165, 1.54) is 5.56 Å². The molecule has 1 aromatic rings. The van der Waals surface area contributed by atoms with E-state index in [2.05, 4.69) is 37.9 Å². The highest BCUT2D eigenvalue weighted by Gasteiger charge is 2.11. The fraction of sp³-hybridized carbons (Fsp3) is 0.571. The van der Waals surface area contributed by atoms with Gasteiger partial charge in [-0.05, 0) is 43.9 Å². The number of aliphatic hydroxyl groups is 1. The molecule has 1 N–H and O–H groups in total. The Bertz CT molecular complexity index is 363. The van der Waals surface area contributed by atoms with E-state index in [0.717, 1.165) is 36.4 Å². The predicted octanol–water partition coefficient (Wildman–Crippen LogP) is 2.52. The van der Waals surface area contributed by atoms with Crippen LogP contribution < -0.4 is 9.64 Å². The van der Waals surface area contributed by atoms with Crippen LogP contribution in [0, 0.1) is 13.8 Å². The van der Waals surface area contributed by atoms with Crippen LogP contribution in [0.1, 0.15) is 24.0 Å². The Labute approximate surface area is 104 Å². The Morgan fingerprint density at radius 2 is 1.94 bits per heavy atom. The maximum atomic E-state index is 8.80. The van der Waals surface area contributed by atoms with E-state index in [9.17, 15) is 0 Å². The second-order valence-electron chi connectivity index (χ2n) is 4.49. The zero-order valence-electron chi connectivity index (χ0n) is 11.3. The molecule has 96 valence electrons. The molecular formula is C14H23NO2. The minimum Gasteiger partial charge on any atom is -0.494 e. The third-order valence-electron chi connectivity index (χ3n) is 2.92. The van der Waals surface area contributed by atoms with E-state index in [1.54, 1.807) is 7.11 Å². The molecule has 0 fully saturated rings. The van der Waals surface area contributed by atoms with Crippen LogP contribution in [0.3, 0.4) is 0 Å². The number of anilines is 1. The summed E-state index contributed by atoms with van der Waals surface area (Å²) in [7, 11) is 3.77. The Morgan fingerprint density at radius 1 is 1.24 bits per heavy atom. The Morgan fingerprint density at radius 3 is 2.53 bits per heavy atom. The van der Waals surface area contributed by atoms with E-state index in [1.807, 2.05) is 0 Å². The molecule has 0 atom stereocenters. The molecule has 0 aliphatic carbocycles. The number of ether oxygens (including phenoxy) is 1. The number of hydrogen-bond acceptors (Lipinski definition) is 3. The Balaban J connectivity index is 2.87. The summed E-state index contributed by atoms with van der Waals surface area (Å²) in [5.74, 6) is 0.946. The van der Waals surface area contributed by atoms with Gasteiger partial charge in [0.1, 0.15) is 5.75 Å².